The third-order valence-electron chi connectivity index (χ3n) is 2.22. The van der Waals surface area contributed by atoms with Gasteiger partial charge in [0, 0.05) is 17.5 Å². The lowest BCUT2D eigenvalue weighted by Crippen LogP contribution is -2.35. The van der Waals surface area contributed by atoms with Gasteiger partial charge < -0.3 is 21.7 Å². The van der Waals surface area contributed by atoms with Gasteiger partial charge in [0.2, 0.25) is 0 Å². The van der Waals surface area contributed by atoms with E-state index in [9.17, 15) is 15.2 Å². The summed E-state index contributed by atoms with van der Waals surface area (Å²) in [5, 5.41) is 29.1. The van der Waals surface area contributed by atoms with Crippen molar-refractivity contribution in [1.82, 2.24) is 0 Å². The summed E-state index contributed by atoms with van der Waals surface area (Å²) < 4.78 is 0. The highest BCUT2D eigenvalue weighted by molar-refractivity contribution is 6.31. The number of hydrogen-bond acceptors (Lipinski definition) is 6. The van der Waals surface area contributed by atoms with Crippen molar-refractivity contribution in [3.8, 4) is 0 Å². The SMILES string of the molecule is Nc1cc(Cl)c(CC(O)C(N)O)cc1[N+](=O)[O-]. The zero-order valence-electron chi connectivity index (χ0n) is 8.71. The maximum atomic E-state index is 10.7. The first-order chi connectivity index (χ1) is 7.82. The molecule has 0 radical (unpaired) electrons. The van der Waals surface area contributed by atoms with E-state index in [4.69, 9.17) is 28.2 Å². The van der Waals surface area contributed by atoms with E-state index in [-0.39, 0.29) is 22.8 Å². The third kappa shape index (κ3) is 3.27. The molecule has 0 amide bonds. The molecule has 1 aromatic carbocycles. The summed E-state index contributed by atoms with van der Waals surface area (Å²) in [6.45, 7) is 0. The lowest BCUT2D eigenvalue weighted by Gasteiger charge is -2.14. The maximum Gasteiger partial charge on any atom is 0.292 e. The van der Waals surface area contributed by atoms with Crippen LogP contribution in [0.25, 0.3) is 0 Å². The van der Waals surface area contributed by atoms with Crippen LogP contribution in [0, 0.1) is 10.1 Å². The molecule has 94 valence electrons. The highest BCUT2D eigenvalue weighted by Gasteiger charge is 2.19. The third-order valence-corrected chi connectivity index (χ3v) is 2.57. The number of nitrogen functional groups attached to an aromatic ring is 1. The van der Waals surface area contributed by atoms with Crippen LogP contribution in [0.5, 0.6) is 0 Å². The molecule has 0 heterocycles. The van der Waals surface area contributed by atoms with Gasteiger partial charge in [0.1, 0.15) is 11.9 Å². The van der Waals surface area contributed by atoms with Gasteiger partial charge in [-0.05, 0) is 11.6 Å². The van der Waals surface area contributed by atoms with Gasteiger partial charge in [-0.3, -0.25) is 10.1 Å². The van der Waals surface area contributed by atoms with Crippen LogP contribution in [-0.2, 0) is 6.42 Å². The van der Waals surface area contributed by atoms with E-state index in [0.29, 0.717) is 5.56 Å². The fraction of sp³-hybridized carbons (Fsp3) is 0.333. The number of nitrogens with two attached hydrogens (primary N) is 2. The molecule has 0 aliphatic carbocycles. The average Bonchev–Trinajstić information content (AvgIpc) is 2.21. The minimum absolute atomic E-state index is 0.0634. The van der Waals surface area contributed by atoms with E-state index in [1.165, 1.54) is 6.07 Å². The number of anilines is 1. The molecule has 0 aromatic heterocycles. The van der Waals surface area contributed by atoms with Gasteiger partial charge in [0.05, 0.1) is 11.0 Å². The fourth-order valence-electron chi connectivity index (χ4n) is 1.28. The predicted octanol–water partition coefficient (Wildman–Crippen LogP) is 0.0109. The van der Waals surface area contributed by atoms with Crippen molar-refractivity contribution in [2.75, 3.05) is 5.73 Å². The molecule has 17 heavy (non-hydrogen) atoms. The van der Waals surface area contributed by atoms with Gasteiger partial charge in [-0.15, -0.1) is 0 Å². The Labute approximate surface area is 102 Å². The van der Waals surface area contributed by atoms with Crippen LogP contribution >= 0.6 is 11.6 Å². The van der Waals surface area contributed by atoms with Crippen molar-refractivity contribution in [1.29, 1.82) is 0 Å². The number of nitrogens with zero attached hydrogens (tertiary/aromatic N) is 1. The van der Waals surface area contributed by atoms with Gasteiger partial charge in [-0.2, -0.15) is 0 Å². The summed E-state index contributed by atoms with van der Waals surface area (Å²) >= 11 is 5.82. The Morgan fingerprint density at radius 2 is 2.06 bits per heavy atom. The van der Waals surface area contributed by atoms with Crippen molar-refractivity contribution in [3.63, 3.8) is 0 Å². The smallest absolute Gasteiger partial charge is 0.292 e. The molecule has 0 aliphatic heterocycles. The topological polar surface area (TPSA) is 136 Å². The molecule has 2 atom stereocenters. The largest absolute Gasteiger partial charge is 0.393 e. The molecule has 0 saturated heterocycles. The highest BCUT2D eigenvalue weighted by Crippen LogP contribution is 2.29. The summed E-state index contributed by atoms with van der Waals surface area (Å²) in [5.41, 5.74) is 10.4. The molecule has 0 aliphatic rings. The second-order valence-electron chi connectivity index (χ2n) is 3.52. The second kappa shape index (κ2) is 5.28. The molecule has 1 aromatic rings. The molecule has 0 spiro atoms. The average molecular weight is 262 g/mol. The summed E-state index contributed by atoms with van der Waals surface area (Å²) in [6, 6.07) is 2.38. The van der Waals surface area contributed by atoms with E-state index in [1.54, 1.807) is 0 Å². The Bertz CT molecular complexity index is 438. The first-order valence-corrected chi connectivity index (χ1v) is 5.04. The molecular weight excluding hydrogens is 250 g/mol. The maximum absolute atomic E-state index is 10.7. The lowest BCUT2D eigenvalue weighted by molar-refractivity contribution is -0.384. The number of nitro groups is 1. The predicted molar refractivity (Wildman–Crippen MR) is 62.4 cm³/mol. The number of benzene rings is 1. The Kier molecular flexibility index (Phi) is 4.24. The number of aliphatic hydroxyl groups is 2. The van der Waals surface area contributed by atoms with Gasteiger partial charge in [0.15, 0.2) is 0 Å². The monoisotopic (exact) mass is 261 g/mol. The quantitative estimate of drug-likeness (QED) is 0.261. The first-order valence-electron chi connectivity index (χ1n) is 4.67. The van der Waals surface area contributed by atoms with Gasteiger partial charge in [-0.25, -0.2) is 0 Å². The normalized spacial score (nSPS) is 14.4. The summed E-state index contributed by atoms with van der Waals surface area (Å²) in [4.78, 5) is 10.00. The van der Waals surface area contributed by atoms with E-state index < -0.39 is 17.3 Å². The number of nitro benzene ring substituents is 1. The van der Waals surface area contributed by atoms with Crippen LogP contribution < -0.4 is 11.5 Å². The van der Waals surface area contributed by atoms with Crippen molar-refractivity contribution >= 4 is 23.0 Å². The molecular formula is C9H12ClN3O4. The summed E-state index contributed by atoms with van der Waals surface area (Å²) in [5.74, 6) is 0. The number of rotatable bonds is 4. The summed E-state index contributed by atoms with van der Waals surface area (Å²) in [7, 11) is 0. The molecule has 0 fully saturated rings. The first kappa shape index (κ1) is 13.7. The number of halogens is 1. The van der Waals surface area contributed by atoms with Gasteiger partial charge in [0.25, 0.3) is 5.69 Å². The van der Waals surface area contributed by atoms with Crippen LogP contribution in [0.4, 0.5) is 11.4 Å². The van der Waals surface area contributed by atoms with E-state index in [1.807, 2.05) is 0 Å². The molecule has 6 N–H and O–H groups in total. The molecule has 7 nitrogen and oxygen atoms in total. The van der Waals surface area contributed by atoms with E-state index in [0.717, 1.165) is 6.07 Å². The molecule has 0 bridgehead atoms. The minimum Gasteiger partial charge on any atom is -0.393 e. The number of aliphatic hydroxyl groups excluding tert-OH is 2. The minimum atomic E-state index is -1.44. The summed E-state index contributed by atoms with van der Waals surface area (Å²) in [6.07, 6.45) is -2.80. The van der Waals surface area contributed by atoms with Crippen molar-refractivity contribution in [3.05, 3.63) is 32.8 Å². The molecule has 2 unspecified atom stereocenters. The second-order valence-corrected chi connectivity index (χ2v) is 3.93. The van der Waals surface area contributed by atoms with Crippen molar-refractivity contribution in [2.45, 2.75) is 18.8 Å². The molecule has 1 rings (SSSR count). The Morgan fingerprint density at radius 1 is 1.47 bits per heavy atom. The lowest BCUT2D eigenvalue weighted by atomic mass is 10.1. The van der Waals surface area contributed by atoms with Crippen LogP contribution in [0.15, 0.2) is 12.1 Å². The van der Waals surface area contributed by atoms with Crippen molar-refractivity contribution in [2.24, 2.45) is 5.73 Å². The number of hydrogen-bond donors (Lipinski definition) is 4. The van der Waals surface area contributed by atoms with Gasteiger partial charge in [-0.1, -0.05) is 11.6 Å². The van der Waals surface area contributed by atoms with Crippen LogP contribution in [-0.4, -0.2) is 27.5 Å². The Hall–Kier alpha value is -1.41. The standard InChI is InChI=1S/C9H12ClN3O4/c10-5-3-6(11)7(13(16)17)1-4(5)2-8(14)9(12)15/h1,3,8-9,14-15H,2,11-12H2. The molecule has 0 saturated carbocycles. The van der Waals surface area contributed by atoms with Gasteiger partial charge >= 0.3 is 0 Å². The molecule has 8 heteroatoms. The van der Waals surface area contributed by atoms with Crippen LogP contribution in [0.2, 0.25) is 5.02 Å². The zero-order valence-corrected chi connectivity index (χ0v) is 9.46. The van der Waals surface area contributed by atoms with Crippen molar-refractivity contribution < 1.29 is 15.1 Å². The Balaban J connectivity index is 3.08. The van der Waals surface area contributed by atoms with Crippen LogP contribution in [0.1, 0.15) is 5.56 Å². The zero-order chi connectivity index (χ0) is 13.2. The van der Waals surface area contributed by atoms with E-state index >= 15 is 0 Å². The fourth-order valence-corrected chi connectivity index (χ4v) is 1.53. The van der Waals surface area contributed by atoms with Crippen LogP contribution in [0.3, 0.4) is 0 Å². The Morgan fingerprint density at radius 3 is 2.53 bits per heavy atom. The highest BCUT2D eigenvalue weighted by atomic mass is 35.5. The van der Waals surface area contributed by atoms with E-state index in [2.05, 4.69) is 0 Å².